The van der Waals surface area contributed by atoms with Crippen molar-refractivity contribution in [1.82, 2.24) is 19.9 Å². The molecule has 0 bridgehead atoms. The Morgan fingerprint density at radius 1 is 1.13 bits per heavy atom. The monoisotopic (exact) mass is 549 g/mol. The number of fused-ring (bicyclic) bond motifs is 1. The number of nitrogens with two attached hydrogens (primary N) is 1. The summed E-state index contributed by atoms with van der Waals surface area (Å²) < 4.78 is 20.9. The van der Waals surface area contributed by atoms with E-state index in [9.17, 15) is 4.39 Å². The van der Waals surface area contributed by atoms with Gasteiger partial charge in [0.25, 0.3) is 0 Å². The Balaban J connectivity index is 1.52. The molecule has 0 amide bonds. The van der Waals surface area contributed by atoms with Gasteiger partial charge in [0, 0.05) is 47.7 Å². The fraction of sp³-hybridized carbons (Fsp3) is 0.345. The van der Waals surface area contributed by atoms with E-state index in [2.05, 4.69) is 38.7 Å². The fourth-order valence-corrected chi connectivity index (χ4v) is 5.15. The lowest BCUT2D eigenvalue weighted by atomic mass is 9.90. The summed E-state index contributed by atoms with van der Waals surface area (Å²) in [5.74, 6) is 0.317. The predicted molar refractivity (Wildman–Crippen MR) is 155 cm³/mol. The van der Waals surface area contributed by atoms with Gasteiger partial charge in [-0.15, -0.1) is 0 Å². The molecule has 39 heavy (non-hydrogen) atoms. The lowest BCUT2D eigenvalue weighted by molar-refractivity contribution is 0.355. The molecule has 5 rings (SSSR count). The molecule has 1 saturated carbocycles. The molecule has 0 atom stereocenters. The van der Waals surface area contributed by atoms with Crippen LogP contribution in [0.1, 0.15) is 44.6 Å². The van der Waals surface area contributed by atoms with Crippen molar-refractivity contribution in [2.24, 2.45) is 10.7 Å². The van der Waals surface area contributed by atoms with E-state index in [-0.39, 0.29) is 17.6 Å². The number of aliphatic imine (C=N–C) groups is 1. The molecule has 1 aliphatic carbocycles. The molecule has 1 aromatic carbocycles. The maximum Gasteiger partial charge on any atom is 0.212 e. The maximum atomic E-state index is 13.9. The Hall–Kier alpha value is -3.69. The summed E-state index contributed by atoms with van der Waals surface area (Å²) in [6.07, 6.45) is 10.8. The molecule has 3 aromatic heterocycles. The van der Waals surface area contributed by atoms with Gasteiger partial charge in [-0.2, -0.15) is 5.10 Å². The number of rotatable bonds is 9. The molecule has 4 N–H and O–H groups in total. The van der Waals surface area contributed by atoms with Gasteiger partial charge in [-0.05, 0) is 62.9 Å². The van der Waals surface area contributed by atoms with Gasteiger partial charge >= 0.3 is 0 Å². The van der Waals surface area contributed by atoms with Crippen molar-refractivity contribution >= 4 is 34.3 Å². The first-order chi connectivity index (χ1) is 18.9. The van der Waals surface area contributed by atoms with Crippen LogP contribution in [0.2, 0.25) is 5.02 Å². The van der Waals surface area contributed by atoms with Crippen molar-refractivity contribution in [3.63, 3.8) is 0 Å². The smallest absolute Gasteiger partial charge is 0.212 e. The van der Waals surface area contributed by atoms with Crippen LogP contribution >= 0.6 is 11.6 Å². The predicted octanol–water partition coefficient (Wildman–Crippen LogP) is 5.96. The van der Waals surface area contributed by atoms with Crippen molar-refractivity contribution in [3.8, 4) is 17.0 Å². The van der Waals surface area contributed by atoms with Crippen molar-refractivity contribution < 1.29 is 9.13 Å². The highest BCUT2D eigenvalue weighted by Crippen LogP contribution is 2.33. The number of nitrogens with zero attached hydrogens (tertiary/aromatic N) is 4. The van der Waals surface area contributed by atoms with Gasteiger partial charge in [-0.25, -0.2) is 18.9 Å². The van der Waals surface area contributed by atoms with Crippen molar-refractivity contribution in [2.45, 2.75) is 51.1 Å². The zero-order valence-electron chi connectivity index (χ0n) is 22.1. The zero-order chi connectivity index (χ0) is 27.4. The van der Waals surface area contributed by atoms with E-state index in [4.69, 9.17) is 22.1 Å². The Bertz CT molecular complexity index is 1460. The van der Waals surface area contributed by atoms with Gasteiger partial charge in [0.2, 0.25) is 5.88 Å². The van der Waals surface area contributed by atoms with E-state index in [0.29, 0.717) is 22.5 Å². The SMILES string of the molecule is CCCNC1CCC(Nc2c(C(N)=Nc3cc(F)ccc3Cl)cnn3cc(-c4ccc(OC)nc4)cc23)CC1. The number of hydrogen-bond donors (Lipinski definition) is 3. The molecule has 1 aliphatic rings. The van der Waals surface area contributed by atoms with Crippen LogP contribution in [0, 0.1) is 5.82 Å². The average Bonchev–Trinajstić information content (AvgIpc) is 3.40. The van der Waals surface area contributed by atoms with Gasteiger partial charge < -0.3 is 21.1 Å². The number of nitrogens with one attached hydrogen (secondary N) is 2. The number of amidine groups is 1. The molecule has 0 saturated heterocycles. The number of pyridine rings is 1. The number of methoxy groups -OCH3 is 1. The third-order valence-corrected chi connectivity index (χ3v) is 7.42. The highest BCUT2D eigenvalue weighted by molar-refractivity contribution is 6.33. The van der Waals surface area contributed by atoms with Gasteiger partial charge in [0.1, 0.15) is 11.7 Å². The highest BCUT2D eigenvalue weighted by Gasteiger charge is 2.23. The molecule has 4 aromatic rings. The summed E-state index contributed by atoms with van der Waals surface area (Å²) in [5.41, 5.74) is 11.0. The first-order valence-corrected chi connectivity index (χ1v) is 13.6. The van der Waals surface area contributed by atoms with Crippen molar-refractivity contribution in [3.05, 3.63) is 71.4 Å². The normalized spacial score (nSPS) is 17.9. The van der Waals surface area contributed by atoms with Crippen LogP contribution in [0.3, 0.4) is 0 Å². The van der Waals surface area contributed by atoms with E-state index in [1.807, 2.05) is 22.8 Å². The molecule has 10 heteroatoms. The third-order valence-electron chi connectivity index (χ3n) is 7.10. The van der Waals surface area contributed by atoms with E-state index >= 15 is 0 Å². The number of benzene rings is 1. The van der Waals surface area contributed by atoms with Crippen LogP contribution in [0.15, 0.2) is 60.0 Å². The Morgan fingerprint density at radius 3 is 2.64 bits per heavy atom. The van der Waals surface area contributed by atoms with Crippen LogP contribution in [-0.4, -0.2) is 46.2 Å². The van der Waals surface area contributed by atoms with Crippen LogP contribution < -0.4 is 21.1 Å². The highest BCUT2D eigenvalue weighted by atomic mass is 35.5. The molecule has 0 aliphatic heterocycles. The second-order valence-corrected chi connectivity index (χ2v) is 10.2. The van der Waals surface area contributed by atoms with Crippen LogP contribution in [0.25, 0.3) is 16.6 Å². The molecular formula is C29H33ClFN7O. The van der Waals surface area contributed by atoms with E-state index in [1.54, 1.807) is 19.5 Å². The van der Waals surface area contributed by atoms with Crippen molar-refractivity contribution in [2.75, 3.05) is 19.0 Å². The summed E-state index contributed by atoms with van der Waals surface area (Å²) in [7, 11) is 1.59. The first-order valence-electron chi connectivity index (χ1n) is 13.3. The van der Waals surface area contributed by atoms with Crippen LogP contribution in [-0.2, 0) is 0 Å². The molecule has 1 fully saturated rings. The minimum atomic E-state index is -0.435. The Kier molecular flexibility index (Phi) is 8.28. The van der Waals surface area contributed by atoms with Crippen LogP contribution in [0.5, 0.6) is 5.88 Å². The average molecular weight is 550 g/mol. The summed E-state index contributed by atoms with van der Waals surface area (Å²) >= 11 is 6.28. The maximum absolute atomic E-state index is 13.9. The third kappa shape index (κ3) is 6.15. The summed E-state index contributed by atoms with van der Waals surface area (Å²) in [6.45, 7) is 3.23. The Labute approximate surface area is 232 Å². The second-order valence-electron chi connectivity index (χ2n) is 9.82. The van der Waals surface area contributed by atoms with Gasteiger partial charge in [0.15, 0.2) is 0 Å². The van der Waals surface area contributed by atoms with Gasteiger partial charge in [0.05, 0.1) is 40.8 Å². The molecule has 8 nitrogen and oxygen atoms in total. The lowest BCUT2D eigenvalue weighted by Gasteiger charge is -2.31. The zero-order valence-corrected chi connectivity index (χ0v) is 22.9. The minimum absolute atomic E-state index is 0.201. The summed E-state index contributed by atoms with van der Waals surface area (Å²) in [4.78, 5) is 8.82. The number of ether oxygens (including phenoxy) is 1. The molecular weight excluding hydrogens is 517 g/mol. The largest absolute Gasteiger partial charge is 0.481 e. The molecule has 0 unspecified atom stereocenters. The number of halogens is 2. The molecule has 0 spiro atoms. The standard InChI is InChI=1S/C29H33ClFN7O/c1-3-12-33-21-6-8-22(9-7-21)36-28-23(29(32)37-25-14-20(31)5-10-24(25)30)16-35-38-17-19(13-26(28)38)18-4-11-27(39-2)34-15-18/h4-5,10-11,13-17,21-22,33,36H,3,6-9,12H2,1-2H3,(H2,32,37). The number of hydrogen-bond acceptors (Lipinski definition) is 6. The minimum Gasteiger partial charge on any atom is -0.481 e. The van der Waals surface area contributed by atoms with Gasteiger partial charge in [-0.3, -0.25) is 0 Å². The quantitative estimate of drug-likeness (QED) is 0.176. The first kappa shape index (κ1) is 26.9. The Morgan fingerprint density at radius 2 is 1.92 bits per heavy atom. The van der Waals surface area contributed by atoms with Crippen molar-refractivity contribution in [1.29, 1.82) is 0 Å². The van der Waals surface area contributed by atoms with E-state index in [1.165, 1.54) is 18.2 Å². The molecule has 0 radical (unpaired) electrons. The lowest BCUT2D eigenvalue weighted by Crippen LogP contribution is -2.37. The van der Waals surface area contributed by atoms with Gasteiger partial charge in [-0.1, -0.05) is 18.5 Å². The van der Waals surface area contributed by atoms with E-state index < -0.39 is 5.82 Å². The second kappa shape index (κ2) is 12.0. The molecule has 204 valence electrons. The number of anilines is 1. The summed E-state index contributed by atoms with van der Waals surface area (Å²) in [6, 6.07) is 10.7. The summed E-state index contributed by atoms with van der Waals surface area (Å²) in [5, 5.41) is 12.3. The fourth-order valence-electron chi connectivity index (χ4n) is 4.99. The van der Waals surface area contributed by atoms with E-state index in [0.717, 1.165) is 61.0 Å². The van der Waals surface area contributed by atoms with Crippen LogP contribution in [0.4, 0.5) is 15.8 Å². The topological polar surface area (TPSA) is 102 Å². The number of aromatic nitrogens is 3. The molecule has 3 heterocycles.